The van der Waals surface area contributed by atoms with E-state index in [4.69, 9.17) is 11.6 Å². The zero-order chi connectivity index (χ0) is 22.2. The minimum absolute atomic E-state index is 0.0244. The lowest BCUT2D eigenvalue weighted by atomic mass is 10.0. The molecule has 2 aromatic rings. The molecule has 0 spiro atoms. The SMILES string of the molecule is O=C1Nc2ccc(-c3ccc(Cl)cc3)cc2C(=O)N2CCN(C(=O)C3CCCCN3)CC12. The van der Waals surface area contributed by atoms with E-state index in [2.05, 4.69) is 10.6 Å². The Kier molecular flexibility index (Phi) is 5.61. The van der Waals surface area contributed by atoms with E-state index in [0.717, 1.165) is 36.9 Å². The minimum Gasteiger partial charge on any atom is -0.337 e. The Hall–Kier alpha value is -2.90. The van der Waals surface area contributed by atoms with Crippen molar-refractivity contribution in [2.24, 2.45) is 0 Å². The predicted molar refractivity (Wildman–Crippen MR) is 123 cm³/mol. The molecule has 3 heterocycles. The summed E-state index contributed by atoms with van der Waals surface area (Å²) in [5, 5.41) is 6.83. The number of hydrogen-bond acceptors (Lipinski definition) is 4. The molecule has 166 valence electrons. The van der Waals surface area contributed by atoms with E-state index in [1.807, 2.05) is 24.3 Å². The number of benzene rings is 2. The summed E-state index contributed by atoms with van der Waals surface area (Å²) < 4.78 is 0. The molecule has 2 saturated heterocycles. The molecule has 0 aliphatic carbocycles. The molecule has 7 nitrogen and oxygen atoms in total. The average Bonchev–Trinajstić information content (AvgIpc) is 2.93. The number of anilines is 1. The van der Waals surface area contributed by atoms with Gasteiger partial charge >= 0.3 is 0 Å². The molecule has 32 heavy (non-hydrogen) atoms. The third-order valence-electron chi connectivity index (χ3n) is 6.55. The van der Waals surface area contributed by atoms with E-state index < -0.39 is 6.04 Å². The molecule has 3 amide bonds. The second-order valence-corrected chi connectivity index (χ2v) is 8.99. The van der Waals surface area contributed by atoms with Crippen LogP contribution in [0.4, 0.5) is 5.69 Å². The van der Waals surface area contributed by atoms with Crippen LogP contribution in [0.1, 0.15) is 29.6 Å². The van der Waals surface area contributed by atoms with Crippen molar-refractivity contribution < 1.29 is 14.4 Å². The number of rotatable bonds is 2. The quantitative estimate of drug-likeness (QED) is 0.734. The minimum atomic E-state index is -0.699. The monoisotopic (exact) mass is 452 g/mol. The topological polar surface area (TPSA) is 81.8 Å². The van der Waals surface area contributed by atoms with Gasteiger partial charge in [0.25, 0.3) is 5.91 Å². The normalized spacial score (nSPS) is 23.2. The molecule has 2 fully saturated rings. The number of fused-ring (bicyclic) bond motifs is 2. The van der Waals surface area contributed by atoms with Crippen molar-refractivity contribution in [2.75, 3.05) is 31.5 Å². The van der Waals surface area contributed by atoms with Gasteiger partial charge in [-0.05, 0) is 54.8 Å². The first-order valence-electron chi connectivity index (χ1n) is 11.1. The zero-order valence-electron chi connectivity index (χ0n) is 17.6. The molecule has 3 aliphatic rings. The summed E-state index contributed by atoms with van der Waals surface area (Å²) in [5.74, 6) is -0.427. The van der Waals surface area contributed by atoms with Crippen molar-refractivity contribution in [2.45, 2.75) is 31.3 Å². The number of piperidine rings is 1. The largest absolute Gasteiger partial charge is 0.337 e. The van der Waals surface area contributed by atoms with Crippen molar-refractivity contribution >= 4 is 35.0 Å². The summed E-state index contributed by atoms with van der Waals surface area (Å²) in [6, 6.07) is 12.0. The van der Waals surface area contributed by atoms with Gasteiger partial charge in [-0.1, -0.05) is 36.2 Å². The van der Waals surface area contributed by atoms with E-state index >= 15 is 0 Å². The van der Waals surface area contributed by atoms with Gasteiger partial charge < -0.3 is 20.4 Å². The van der Waals surface area contributed by atoms with Gasteiger partial charge in [0.1, 0.15) is 6.04 Å². The molecule has 0 aromatic heterocycles. The second-order valence-electron chi connectivity index (χ2n) is 8.56. The van der Waals surface area contributed by atoms with Crippen LogP contribution < -0.4 is 10.6 Å². The van der Waals surface area contributed by atoms with Gasteiger partial charge in [-0.2, -0.15) is 0 Å². The fourth-order valence-electron chi connectivity index (χ4n) is 4.76. The lowest BCUT2D eigenvalue weighted by Gasteiger charge is -2.41. The number of piperazine rings is 1. The van der Waals surface area contributed by atoms with E-state index in [9.17, 15) is 14.4 Å². The number of amides is 3. The van der Waals surface area contributed by atoms with Crippen molar-refractivity contribution in [3.05, 3.63) is 53.1 Å². The summed E-state index contributed by atoms with van der Waals surface area (Å²) in [7, 11) is 0. The van der Waals surface area contributed by atoms with Gasteiger partial charge in [-0.3, -0.25) is 14.4 Å². The number of nitrogens with zero attached hydrogens (tertiary/aromatic N) is 2. The molecule has 0 radical (unpaired) electrons. The van der Waals surface area contributed by atoms with Gasteiger partial charge in [0.2, 0.25) is 11.8 Å². The molecular weight excluding hydrogens is 428 g/mol. The maximum atomic E-state index is 13.4. The van der Waals surface area contributed by atoms with Crippen LogP contribution in [0.5, 0.6) is 0 Å². The number of carbonyl (C=O) groups excluding carboxylic acids is 3. The van der Waals surface area contributed by atoms with Crippen molar-refractivity contribution in [3.8, 4) is 11.1 Å². The van der Waals surface area contributed by atoms with Crippen LogP contribution in [0.2, 0.25) is 5.02 Å². The Morgan fingerprint density at radius 3 is 2.53 bits per heavy atom. The molecule has 2 aromatic carbocycles. The number of halogens is 1. The highest BCUT2D eigenvalue weighted by Crippen LogP contribution is 2.31. The first-order valence-corrected chi connectivity index (χ1v) is 11.4. The van der Waals surface area contributed by atoms with Gasteiger partial charge in [-0.15, -0.1) is 0 Å². The van der Waals surface area contributed by atoms with Gasteiger partial charge in [0.05, 0.1) is 23.8 Å². The molecular formula is C24H25ClN4O3. The van der Waals surface area contributed by atoms with Crippen LogP contribution >= 0.6 is 11.6 Å². The summed E-state index contributed by atoms with van der Waals surface area (Å²) >= 11 is 5.99. The Labute approximate surface area is 191 Å². The Morgan fingerprint density at radius 2 is 1.78 bits per heavy atom. The summed E-state index contributed by atoms with van der Waals surface area (Å²) in [5.41, 5.74) is 2.77. The van der Waals surface area contributed by atoms with Crippen LogP contribution in [0.3, 0.4) is 0 Å². The van der Waals surface area contributed by atoms with Crippen LogP contribution in [0, 0.1) is 0 Å². The van der Waals surface area contributed by atoms with Crippen molar-refractivity contribution in [1.29, 1.82) is 0 Å². The van der Waals surface area contributed by atoms with Gasteiger partial charge in [0, 0.05) is 18.1 Å². The first kappa shape index (κ1) is 21.0. The van der Waals surface area contributed by atoms with Crippen LogP contribution in [0.15, 0.2) is 42.5 Å². The van der Waals surface area contributed by atoms with E-state index in [1.165, 1.54) is 0 Å². The maximum absolute atomic E-state index is 13.4. The fourth-order valence-corrected chi connectivity index (χ4v) is 4.88. The number of carbonyl (C=O) groups is 3. The molecule has 2 atom stereocenters. The summed E-state index contributed by atoms with van der Waals surface area (Å²) in [6.07, 6.45) is 2.91. The highest BCUT2D eigenvalue weighted by molar-refractivity contribution is 6.30. The van der Waals surface area contributed by atoms with Crippen LogP contribution in [0.25, 0.3) is 11.1 Å². The lowest BCUT2D eigenvalue weighted by Crippen LogP contribution is -2.62. The van der Waals surface area contributed by atoms with Gasteiger partial charge in [0.15, 0.2) is 0 Å². The second kappa shape index (κ2) is 8.56. The number of nitrogens with one attached hydrogen (secondary N) is 2. The van der Waals surface area contributed by atoms with Crippen LogP contribution in [-0.2, 0) is 9.59 Å². The van der Waals surface area contributed by atoms with Crippen molar-refractivity contribution in [3.63, 3.8) is 0 Å². The maximum Gasteiger partial charge on any atom is 0.256 e. The molecule has 5 rings (SSSR count). The fraction of sp³-hybridized carbons (Fsp3) is 0.375. The molecule has 0 bridgehead atoms. The third kappa shape index (κ3) is 3.87. The molecule has 0 saturated carbocycles. The van der Waals surface area contributed by atoms with Crippen molar-refractivity contribution in [1.82, 2.24) is 15.1 Å². The number of hydrogen-bond donors (Lipinski definition) is 2. The molecule has 2 N–H and O–H groups in total. The van der Waals surface area contributed by atoms with Crippen LogP contribution in [-0.4, -0.2) is 65.8 Å². The predicted octanol–water partition coefficient (Wildman–Crippen LogP) is 2.75. The first-order chi connectivity index (χ1) is 15.5. The summed E-state index contributed by atoms with van der Waals surface area (Å²) in [4.78, 5) is 42.7. The molecule has 8 heteroatoms. The molecule has 3 aliphatic heterocycles. The highest BCUT2D eigenvalue weighted by atomic mass is 35.5. The Bertz CT molecular complexity index is 1070. The molecule has 2 unspecified atom stereocenters. The van der Waals surface area contributed by atoms with E-state index in [-0.39, 0.29) is 30.3 Å². The van der Waals surface area contributed by atoms with Gasteiger partial charge in [-0.25, -0.2) is 0 Å². The third-order valence-corrected chi connectivity index (χ3v) is 6.80. The standard InChI is InChI=1S/C24H25ClN4O3/c25-17-7-4-15(5-8-17)16-6-9-19-18(13-16)23(31)29-12-11-28(14-21(29)22(30)27-19)24(32)20-3-1-2-10-26-20/h4-9,13,20-21,26H,1-3,10-12,14H2,(H,27,30). The Morgan fingerprint density at radius 1 is 1.00 bits per heavy atom. The van der Waals surface area contributed by atoms with E-state index in [1.54, 1.807) is 28.0 Å². The average molecular weight is 453 g/mol. The highest BCUT2D eigenvalue weighted by Gasteiger charge is 2.41. The van der Waals surface area contributed by atoms with E-state index in [0.29, 0.717) is 29.4 Å². The zero-order valence-corrected chi connectivity index (χ0v) is 18.4. The smallest absolute Gasteiger partial charge is 0.256 e. The summed E-state index contributed by atoms with van der Waals surface area (Å²) in [6.45, 7) is 1.81. The Balaban J connectivity index is 1.39. The lowest BCUT2D eigenvalue weighted by molar-refractivity contribution is -0.138.